The zero-order chi connectivity index (χ0) is 24.4. The minimum Gasteiger partial charge on any atom is -0.491 e. The third-order valence-corrected chi connectivity index (χ3v) is 7.13. The molecule has 3 aromatic rings. The van der Waals surface area contributed by atoms with Crippen LogP contribution in [-0.2, 0) is 25.2 Å². The Balaban J connectivity index is 1.64. The Kier molecular flexibility index (Phi) is 9.68. The molecule has 3 aromatic carbocycles. The van der Waals surface area contributed by atoms with E-state index >= 15 is 0 Å². The predicted octanol–water partition coefficient (Wildman–Crippen LogP) is 4.48. The van der Waals surface area contributed by atoms with Crippen LogP contribution >= 0.6 is 0 Å². The Morgan fingerprint density at radius 1 is 0.735 bits per heavy atom. The van der Waals surface area contributed by atoms with Gasteiger partial charge in [-0.1, -0.05) is 35.9 Å². The van der Waals surface area contributed by atoms with Crippen LogP contribution in [0.1, 0.15) is 5.56 Å². The molecule has 34 heavy (non-hydrogen) atoms. The van der Waals surface area contributed by atoms with Crippen molar-refractivity contribution < 1.29 is 26.8 Å². The Morgan fingerprint density at radius 3 is 1.82 bits per heavy atom. The molecule has 3 rings (SSSR count). The molecule has 0 bridgehead atoms. The van der Waals surface area contributed by atoms with Crippen LogP contribution in [0.3, 0.4) is 0 Å². The molecule has 0 heterocycles. The predicted molar refractivity (Wildman–Crippen MR) is 137 cm³/mol. The molecule has 1 unspecified atom stereocenters. The average Bonchev–Trinajstić information content (AvgIpc) is 2.82. The molecule has 8 heteroatoms. The van der Waals surface area contributed by atoms with Gasteiger partial charge >= 0.3 is 0 Å². The Labute approximate surface area is 205 Å². The smallest absolute Gasteiger partial charge is 0.297 e. The number of aryl methyl sites for hydroxylation is 1. The number of hydrogen-bond acceptors (Lipinski definition) is 6. The summed E-state index contributed by atoms with van der Waals surface area (Å²) >= 11 is 0. The van der Waals surface area contributed by atoms with Gasteiger partial charge in [0.05, 0.1) is 17.4 Å². The molecule has 0 aliphatic carbocycles. The molecule has 182 valence electrons. The molecule has 0 fully saturated rings. The van der Waals surface area contributed by atoms with Crippen LogP contribution in [0.25, 0.3) is 0 Å². The summed E-state index contributed by atoms with van der Waals surface area (Å²) in [6.45, 7) is 2.56. The zero-order valence-corrected chi connectivity index (χ0v) is 21.3. The molecule has 6 nitrogen and oxygen atoms in total. The van der Waals surface area contributed by atoms with E-state index in [9.17, 15) is 8.42 Å². The van der Waals surface area contributed by atoms with E-state index in [1.54, 1.807) is 36.4 Å². The van der Waals surface area contributed by atoms with Gasteiger partial charge in [0, 0.05) is 0 Å². The Hall–Kier alpha value is -2.68. The highest BCUT2D eigenvalue weighted by Crippen LogP contribution is 2.20. The first-order chi connectivity index (χ1) is 16.3. The molecule has 0 aliphatic heterocycles. The van der Waals surface area contributed by atoms with Crippen LogP contribution in [0.4, 0.5) is 0 Å². The van der Waals surface area contributed by atoms with E-state index in [0.717, 1.165) is 17.1 Å². The van der Waals surface area contributed by atoms with Crippen molar-refractivity contribution in [3.63, 3.8) is 0 Å². The van der Waals surface area contributed by atoms with Crippen LogP contribution in [0.2, 0.25) is 0 Å². The molecule has 0 N–H and O–H groups in total. The van der Waals surface area contributed by atoms with Crippen molar-refractivity contribution in [2.24, 2.45) is 0 Å². The second-order valence-corrected chi connectivity index (χ2v) is 11.9. The molecule has 0 aliphatic rings. The van der Waals surface area contributed by atoms with Gasteiger partial charge in [0.2, 0.25) is 0 Å². The third-order valence-electron chi connectivity index (χ3n) is 4.77. The van der Waals surface area contributed by atoms with Crippen LogP contribution in [0.15, 0.2) is 83.8 Å². The molecular formula is C26H31O6S2+. The number of ether oxygens (including phenoxy) is 3. The second kappa shape index (κ2) is 12.7. The van der Waals surface area contributed by atoms with Crippen LogP contribution in [0.5, 0.6) is 17.2 Å². The maximum absolute atomic E-state index is 12.8. The quantitative estimate of drug-likeness (QED) is 0.253. The summed E-state index contributed by atoms with van der Waals surface area (Å²) in [5.41, 5.74) is 0.961. The van der Waals surface area contributed by atoms with Crippen molar-refractivity contribution >= 4 is 21.0 Å². The van der Waals surface area contributed by atoms with Gasteiger partial charge in [-0.05, 0) is 66.3 Å². The highest BCUT2D eigenvalue weighted by Gasteiger charge is 2.23. The summed E-state index contributed by atoms with van der Waals surface area (Å²) in [5, 5.41) is 0. The van der Waals surface area contributed by atoms with E-state index in [4.69, 9.17) is 18.4 Å². The van der Waals surface area contributed by atoms with Crippen LogP contribution < -0.4 is 14.2 Å². The van der Waals surface area contributed by atoms with Gasteiger partial charge in [-0.2, -0.15) is 8.42 Å². The summed E-state index contributed by atoms with van der Waals surface area (Å²) in [4.78, 5) is 0.0892. The standard InChI is InChI=1S/C26H31O6S2/c1-21-9-15-26(16-10-21)34(27,28)32-25(19-30-22-7-5-4-6-8-22)20-31-24-13-11-23(12-14-24)29-17-18-33(2)3/h4-16,25H,17-20H2,1-3H3/q+1. The van der Waals surface area contributed by atoms with Gasteiger partial charge in [-0.25, -0.2) is 0 Å². The maximum atomic E-state index is 12.8. The summed E-state index contributed by atoms with van der Waals surface area (Å²) in [7, 11) is -3.65. The van der Waals surface area contributed by atoms with Gasteiger partial charge in [-0.15, -0.1) is 0 Å². The summed E-state index contributed by atoms with van der Waals surface area (Å²) in [5.74, 6) is 2.97. The summed E-state index contributed by atoms with van der Waals surface area (Å²) in [6, 6.07) is 22.9. The van der Waals surface area contributed by atoms with Crippen LogP contribution in [-0.4, -0.2) is 52.6 Å². The normalized spacial score (nSPS) is 12.4. The first-order valence-electron chi connectivity index (χ1n) is 10.9. The number of rotatable bonds is 13. The fourth-order valence-corrected chi connectivity index (χ4v) is 4.36. The topological polar surface area (TPSA) is 71.1 Å². The fraction of sp³-hybridized carbons (Fsp3) is 0.308. The lowest BCUT2D eigenvalue weighted by atomic mass is 10.2. The van der Waals surface area contributed by atoms with Crippen molar-refractivity contribution in [1.29, 1.82) is 0 Å². The zero-order valence-electron chi connectivity index (χ0n) is 19.7. The van der Waals surface area contributed by atoms with E-state index in [0.29, 0.717) is 29.0 Å². The van der Waals surface area contributed by atoms with E-state index in [-0.39, 0.29) is 18.1 Å². The van der Waals surface area contributed by atoms with Crippen LogP contribution in [0, 0.1) is 6.92 Å². The Morgan fingerprint density at radius 2 is 1.26 bits per heavy atom. The van der Waals surface area contributed by atoms with Gasteiger partial charge in [0.1, 0.15) is 48.9 Å². The fourth-order valence-electron chi connectivity index (χ4n) is 2.90. The number of para-hydroxylation sites is 1. The van der Waals surface area contributed by atoms with Crippen molar-refractivity contribution in [3.8, 4) is 17.2 Å². The third kappa shape index (κ3) is 8.59. The molecule has 0 saturated carbocycles. The monoisotopic (exact) mass is 503 g/mol. The van der Waals surface area contributed by atoms with Crippen molar-refractivity contribution in [1.82, 2.24) is 0 Å². The lowest BCUT2D eigenvalue weighted by Crippen LogP contribution is -2.31. The SMILES string of the molecule is Cc1ccc(S(=O)(=O)OC(COc2ccccc2)COc2ccc(OCC[S+](C)C)cc2)cc1. The van der Waals surface area contributed by atoms with Gasteiger partial charge in [0.15, 0.2) is 0 Å². The molecule has 0 radical (unpaired) electrons. The molecule has 1 atom stereocenters. The van der Waals surface area contributed by atoms with Gasteiger partial charge < -0.3 is 14.2 Å². The van der Waals surface area contributed by atoms with Gasteiger partial charge in [-0.3, -0.25) is 4.18 Å². The second-order valence-electron chi connectivity index (χ2n) is 7.93. The van der Waals surface area contributed by atoms with E-state index < -0.39 is 16.2 Å². The van der Waals surface area contributed by atoms with Gasteiger partial charge in [0.25, 0.3) is 10.1 Å². The molecule has 0 saturated heterocycles. The minimum atomic E-state index is -3.99. The first-order valence-corrected chi connectivity index (χ1v) is 14.5. The lowest BCUT2D eigenvalue weighted by molar-refractivity contribution is 0.0861. The average molecular weight is 504 g/mol. The maximum Gasteiger partial charge on any atom is 0.297 e. The van der Waals surface area contributed by atoms with Crippen molar-refractivity contribution in [3.05, 3.63) is 84.4 Å². The summed E-state index contributed by atoms with van der Waals surface area (Å²) < 4.78 is 48.5. The van der Waals surface area contributed by atoms with Crippen molar-refractivity contribution in [2.45, 2.75) is 17.9 Å². The molecular weight excluding hydrogens is 472 g/mol. The number of benzene rings is 3. The minimum absolute atomic E-state index is 0.00623. The van der Waals surface area contributed by atoms with E-state index in [1.807, 2.05) is 37.3 Å². The highest BCUT2D eigenvalue weighted by atomic mass is 32.2. The molecule has 0 aromatic heterocycles. The summed E-state index contributed by atoms with van der Waals surface area (Å²) in [6.07, 6.45) is 3.51. The lowest BCUT2D eigenvalue weighted by Gasteiger charge is -2.19. The first kappa shape index (κ1) is 25.9. The molecule has 0 amide bonds. The number of hydrogen-bond donors (Lipinski definition) is 0. The largest absolute Gasteiger partial charge is 0.491 e. The van der Waals surface area contributed by atoms with E-state index in [1.165, 1.54) is 12.1 Å². The van der Waals surface area contributed by atoms with Crippen molar-refractivity contribution in [2.75, 3.05) is 38.1 Å². The van der Waals surface area contributed by atoms with E-state index in [2.05, 4.69) is 12.5 Å². The molecule has 0 spiro atoms. The Bertz CT molecular complexity index is 1100. The highest BCUT2D eigenvalue weighted by molar-refractivity contribution is 7.95.